The van der Waals surface area contributed by atoms with Gasteiger partial charge in [0.25, 0.3) is 10.0 Å². The average molecular weight is 529 g/mol. The average Bonchev–Trinajstić information content (AvgIpc) is 3.54. The topological polar surface area (TPSA) is 79.0 Å². The van der Waals surface area contributed by atoms with E-state index in [1.54, 1.807) is 12.1 Å². The van der Waals surface area contributed by atoms with Gasteiger partial charge in [-0.15, -0.1) is 0 Å². The molecule has 0 aliphatic rings. The minimum atomic E-state index is -4.09. The molecule has 0 fully saturated rings. The minimum Gasteiger partial charge on any atom is -0.482 e. The second-order valence-corrected chi connectivity index (χ2v) is 10.6. The molecule has 0 amide bonds. The molecule has 2 heterocycles. The molecule has 0 unspecified atom stereocenters. The van der Waals surface area contributed by atoms with Crippen LogP contribution in [0.1, 0.15) is 0 Å². The van der Waals surface area contributed by atoms with Crippen LogP contribution in [0.2, 0.25) is 0 Å². The highest BCUT2D eigenvalue weighted by atomic mass is 32.2. The van der Waals surface area contributed by atoms with Gasteiger partial charge >= 0.3 is 5.97 Å². The number of rotatable bonds is 7. The summed E-state index contributed by atoms with van der Waals surface area (Å²) in [7, 11) is -2.83. The van der Waals surface area contributed by atoms with Crippen LogP contribution in [0.15, 0.2) is 95.2 Å². The van der Waals surface area contributed by atoms with E-state index >= 15 is 0 Å². The van der Waals surface area contributed by atoms with Crippen LogP contribution in [0.25, 0.3) is 38.1 Å². The second kappa shape index (κ2) is 9.93. The molecule has 5 aromatic rings. The van der Waals surface area contributed by atoms with E-state index in [2.05, 4.69) is 9.58 Å². The maximum Gasteiger partial charge on any atom is 0.343 e. The third-order valence-electron chi connectivity index (χ3n) is 5.84. The molecule has 0 radical (unpaired) electrons. The fourth-order valence-electron chi connectivity index (χ4n) is 4.18. The lowest BCUT2D eigenvalue weighted by Crippen LogP contribution is -2.15. The number of carbonyl (C=O) groups is 1. The van der Waals surface area contributed by atoms with Crippen molar-refractivity contribution in [3.8, 4) is 28.1 Å². The smallest absolute Gasteiger partial charge is 0.343 e. The fraction of sp³-hybridized carbons (Fsp3) is 0.0714. The van der Waals surface area contributed by atoms with Gasteiger partial charge in [0, 0.05) is 16.5 Å². The van der Waals surface area contributed by atoms with Crippen LogP contribution in [0.4, 0.5) is 5.00 Å². The zero-order chi connectivity index (χ0) is 26.0. The van der Waals surface area contributed by atoms with Gasteiger partial charge in [0.05, 0.1) is 29.8 Å². The molecule has 0 saturated carbocycles. The van der Waals surface area contributed by atoms with Gasteiger partial charge in [0.2, 0.25) is 5.00 Å². The standard InChI is InChI=1S/C28H20N2O5S2/c1-29-28-23(16-17-36-28)26-22-10-6-7-11-24(22)30(27(26)19-8-4-3-5-9-19)37(32,33)21-14-12-20(13-15-21)35-18-25(31)34-2/h3-17H,18H2,2H3. The van der Waals surface area contributed by atoms with Crippen LogP contribution in [0.3, 0.4) is 0 Å². The molecule has 184 valence electrons. The van der Waals surface area contributed by atoms with Gasteiger partial charge < -0.3 is 9.47 Å². The summed E-state index contributed by atoms with van der Waals surface area (Å²) in [4.78, 5) is 15.1. The lowest BCUT2D eigenvalue weighted by atomic mass is 10.00. The van der Waals surface area contributed by atoms with Crippen molar-refractivity contribution in [3.63, 3.8) is 0 Å². The highest BCUT2D eigenvalue weighted by molar-refractivity contribution is 7.90. The first-order valence-corrected chi connectivity index (χ1v) is 13.5. The lowest BCUT2D eigenvalue weighted by molar-refractivity contribution is -0.142. The molecule has 0 atom stereocenters. The molecule has 5 rings (SSSR count). The number of ether oxygens (including phenoxy) is 2. The molecule has 9 heteroatoms. The molecule has 0 saturated heterocycles. The summed E-state index contributed by atoms with van der Waals surface area (Å²) >= 11 is 1.32. The predicted molar refractivity (Wildman–Crippen MR) is 143 cm³/mol. The third kappa shape index (κ3) is 4.37. The number of carbonyl (C=O) groups excluding carboxylic acids is 1. The first-order valence-electron chi connectivity index (χ1n) is 11.1. The number of nitrogens with zero attached hydrogens (tertiary/aromatic N) is 2. The summed E-state index contributed by atoms with van der Waals surface area (Å²) in [5.41, 5.74) is 3.07. The number of aromatic nitrogens is 1. The van der Waals surface area contributed by atoms with Crippen molar-refractivity contribution >= 4 is 43.2 Å². The van der Waals surface area contributed by atoms with E-state index in [9.17, 15) is 13.2 Å². The number of para-hydroxylation sites is 1. The molecule has 37 heavy (non-hydrogen) atoms. The van der Waals surface area contributed by atoms with Crippen LogP contribution in [0.5, 0.6) is 5.75 Å². The van der Waals surface area contributed by atoms with E-state index in [4.69, 9.17) is 11.3 Å². The van der Waals surface area contributed by atoms with Crippen LogP contribution in [-0.2, 0) is 19.6 Å². The summed E-state index contributed by atoms with van der Waals surface area (Å²) in [5.74, 6) is -0.201. The Morgan fingerprint density at radius 1 is 0.973 bits per heavy atom. The Morgan fingerprint density at radius 2 is 1.68 bits per heavy atom. The number of thiophene rings is 1. The first-order chi connectivity index (χ1) is 18.0. The van der Waals surface area contributed by atoms with E-state index in [0.29, 0.717) is 38.7 Å². The maximum absolute atomic E-state index is 14.2. The summed E-state index contributed by atoms with van der Waals surface area (Å²) in [6.07, 6.45) is 0. The van der Waals surface area contributed by atoms with Crippen LogP contribution < -0.4 is 4.74 Å². The Balaban J connectivity index is 1.75. The van der Waals surface area contributed by atoms with E-state index in [1.165, 1.54) is 46.7 Å². The van der Waals surface area contributed by atoms with Gasteiger partial charge in [-0.25, -0.2) is 22.0 Å². The maximum atomic E-state index is 14.2. The second-order valence-electron chi connectivity index (χ2n) is 7.96. The largest absolute Gasteiger partial charge is 0.482 e. The van der Waals surface area contributed by atoms with Crippen molar-refractivity contribution in [1.29, 1.82) is 0 Å². The highest BCUT2D eigenvalue weighted by Gasteiger charge is 2.29. The number of fused-ring (bicyclic) bond motifs is 1. The van der Waals surface area contributed by atoms with E-state index in [-0.39, 0.29) is 11.5 Å². The van der Waals surface area contributed by atoms with Gasteiger partial charge in [0.1, 0.15) is 5.75 Å². The number of benzene rings is 3. The molecule has 0 bridgehead atoms. The Hall–Kier alpha value is -4.39. The van der Waals surface area contributed by atoms with E-state index in [1.807, 2.05) is 53.9 Å². The van der Waals surface area contributed by atoms with Crippen LogP contribution in [-0.4, -0.2) is 32.1 Å². The molecule has 2 aromatic heterocycles. The number of esters is 1. The number of methoxy groups -OCH3 is 1. The molecule has 0 aliphatic heterocycles. The van der Waals surface area contributed by atoms with Crippen molar-refractivity contribution in [2.45, 2.75) is 4.90 Å². The zero-order valence-electron chi connectivity index (χ0n) is 19.6. The van der Waals surface area contributed by atoms with Crippen LogP contribution in [0, 0.1) is 6.57 Å². The molecule has 7 nitrogen and oxygen atoms in total. The molecule has 0 N–H and O–H groups in total. The summed E-state index contributed by atoms with van der Waals surface area (Å²) in [5, 5.41) is 3.06. The summed E-state index contributed by atoms with van der Waals surface area (Å²) in [6.45, 7) is 7.38. The van der Waals surface area contributed by atoms with Crippen molar-refractivity contribution in [1.82, 2.24) is 3.97 Å². The van der Waals surface area contributed by atoms with Crippen molar-refractivity contribution < 1.29 is 22.7 Å². The molecular weight excluding hydrogens is 508 g/mol. The van der Waals surface area contributed by atoms with Crippen molar-refractivity contribution in [2.24, 2.45) is 0 Å². The van der Waals surface area contributed by atoms with E-state index < -0.39 is 16.0 Å². The van der Waals surface area contributed by atoms with Gasteiger partial charge in [0.15, 0.2) is 6.61 Å². The Kier molecular flexibility index (Phi) is 6.53. The predicted octanol–water partition coefficient (Wildman–Crippen LogP) is 6.38. The Bertz CT molecular complexity index is 1750. The molecule has 3 aromatic carbocycles. The lowest BCUT2D eigenvalue weighted by Gasteiger charge is -2.14. The number of hydrogen-bond donors (Lipinski definition) is 0. The quantitative estimate of drug-likeness (QED) is 0.181. The monoisotopic (exact) mass is 528 g/mol. The normalized spacial score (nSPS) is 11.2. The summed E-state index contributed by atoms with van der Waals surface area (Å²) < 4.78 is 39.7. The highest BCUT2D eigenvalue weighted by Crippen LogP contribution is 2.47. The Morgan fingerprint density at radius 3 is 2.38 bits per heavy atom. The third-order valence-corrected chi connectivity index (χ3v) is 8.38. The van der Waals surface area contributed by atoms with Gasteiger partial charge in [-0.3, -0.25) is 0 Å². The molecule has 0 spiro atoms. The van der Waals surface area contributed by atoms with Crippen molar-refractivity contribution in [3.05, 3.63) is 102 Å². The summed E-state index contributed by atoms with van der Waals surface area (Å²) in [6, 6.07) is 24.3. The first kappa shape index (κ1) is 24.3. The van der Waals surface area contributed by atoms with Crippen LogP contribution >= 0.6 is 11.3 Å². The Labute approximate surface area is 218 Å². The van der Waals surface area contributed by atoms with Gasteiger partial charge in [-0.2, -0.15) is 11.3 Å². The van der Waals surface area contributed by atoms with Gasteiger partial charge in [-0.05, 0) is 41.3 Å². The minimum absolute atomic E-state index is 0.0538. The zero-order valence-corrected chi connectivity index (χ0v) is 21.3. The SMILES string of the molecule is [C-]#[N+]c1sccc1-c1c(-c2ccccc2)n(S(=O)(=O)c2ccc(OCC(=O)OC)cc2)c2ccccc12. The number of hydrogen-bond acceptors (Lipinski definition) is 6. The molecular formula is C28H20N2O5S2. The van der Waals surface area contributed by atoms with Gasteiger partial charge in [-0.1, -0.05) is 54.6 Å². The fourth-order valence-corrected chi connectivity index (χ4v) is 6.41. The van der Waals surface area contributed by atoms with Crippen molar-refractivity contribution in [2.75, 3.05) is 13.7 Å². The molecule has 0 aliphatic carbocycles. The van der Waals surface area contributed by atoms with E-state index in [0.717, 1.165) is 5.39 Å².